The van der Waals surface area contributed by atoms with Crippen LogP contribution in [0.4, 0.5) is 0 Å². The van der Waals surface area contributed by atoms with Crippen molar-refractivity contribution in [1.82, 2.24) is 4.57 Å². The van der Waals surface area contributed by atoms with Crippen LogP contribution in [-0.4, -0.2) is 39.6 Å². The maximum atomic E-state index is 12.6. The van der Waals surface area contributed by atoms with Gasteiger partial charge in [0, 0.05) is 36.2 Å². The minimum atomic E-state index is -1.36. The number of aliphatic hydroxyl groups excluding tert-OH is 1. The molecule has 0 spiro atoms. The van der Waals surface area contributed by atoms with Crippen molar-refractivity contribution in [2.45, 2.75) is 13.0 Å². The Morgan fingerprint density at radius 2 is 2.00 bits per heavy atom. The monoisotopic (exact) mass is 403 g/mol. The van der Waals surface area contributed by atoms with Crippen molar-refractivity contribution in [3.05, 3.63) is 68.5 Å². The molecule has 0 amide bonds. The van der Waals surface area contributed by atoms with Gasteiger partial charge in [-0.05, 0) is 17.7 Å². The molecular weight excluding hydrogens is 386 g/mol. The van der Waals surface area contributed by atoms with Crippen molar-refractivity contribution < 1.29 is 24.9 Å². The second kappa shape index (κ2) is 7.92. The number of methoxy groups -OCH3 is 1. The lowest BCUT2D eigenvalue weighted by molar-refractivity contribution is 0.0694. The molecule has 0 bridgehead atoms. The number of para-hydroxylation sites is 1. The number of aromatic nitrogens is 1. The largest absolute Gasteiger partial charge is 0.508 e. The number of aliphatic hydroxyl groups is 1. The lowest BCUT2D eigenvalue weighted by atomic mass is 10.00. The number of carboxylic acid groups (broad SMARTS) is 1. The molecule has 0 aliphatic carbocycles. The molecule has 3 rings (SSSR count). The zero-order chi connectivity index (χ0) is 20.4. The molecule has 0 aliphatic rings. The number of hydrogen-bond donors (Lipinski definition) is 3. The van der Waals surface area contributed by atoms with Crippen LogP contribution in [0.15, 0.2) is 41.3 Å². The first-order chi connectivity index (χ1) is 13.4. The molecule has 8 heteroatoms. The first-order valence-electron chi connectivity index (χ1n) is 8.42. The minimum Gasteiger partial charge on any atom is -0.508 e. The summed E-state index contributed by atoms with van der Waals surface area (Å²) in [4.78, 5) is 24.1. The van der Waals surface area contributed by atoms with Crippen LogP contribution >= 0.6 is 11.6 Å². The Balaban J connectivity index is 2.22. The fourth-order valence-corrected chi connectivity index (χ4v) is 3.46. The summed E-state index contributed by atoms with van der Waals surface area (Å²) in [7, 11) is 1.48. The Kier molecular flexibility index (Phi) is 5.58. The SMILES string of the molecule is COc1c(Cl)cccc1Cc1cc2c(=O)c(C(=O)O)cn(CCO)c2cc1O. The molecule has 0 fully saturated rings. The topological polar surface area (TPSA) is 109 Å². The molecule has 28 heavy (non-hydrogen) atoms. The number of ether oxygens (including phenoxy) is 1. The Morgan fingerprint density at radius 1 is 1.25 bits per heavy atom. The number of halogens is 1. The van der Waals surface area contributed by atoms with Gasteiger partial charge in [-0.2, -0.15) is 0 Å². The highest BCUT2D eigenvalue weighted by atomic mass is 35.5. The van der Waals surface area contributed by atoms with Gasteiger partial charge in [-0.15, -0.1) is 0 Å². The number of carboxylic acids is 1. The smallest absolute Gasteiger partial charge is 0.341 e. The second-order valence-electron chi connectivity index (χ2n) is 6.20. The third-order valence-electron chi connectivity index (χ3n) is 4.49. The van der Waals surface area contributed by atoms with Gasteiger partial charge >= 0.3 is 5.97 Å². The summed E-state index contributed by atoms with van der Waals surface area (Å²) in [5, 5.41) is 29.6. The quantitative estimate of drug-likeness (QED) is 0.583. The van der Waals surface area contributed by atoms with Crippen LogP contribution in [0.5, 0.6) is 11.5 Å². The molecule has 2 aromatic carbocycles. The Labute approximate surface area is 165 Å². The van der Waals surface area contributed by atoms with Crippen molar-refractivity contribution in [2.75, 3.05) is 13.7 Å². The molecule has 1 aromatic heterocycles. The van der Waals surface area contributed by atoms with Crippen LogP contribution < -0.4 is 10.2 Å². The van der Waals surface area contributed by atoms with Crippen molar-refractivity contribution in [2.24, 2.45) is 0 Å². The maximum absolute atomic E-state index is 12.6. The zero-order valence-electron chi connectivity index (χ0n) is 15.0. The number of aromatic hydroxyl groups is 1. The minimum absolute atomic E-state index is 0.0660. The fourth-order valence-electron chi connectivity index (χ4n) is 3.18. The van der Waals surface area contributed by atoms with Crippen LogP contribution in [-0.2, 0) is 13.0 Å². The Bertz CT molecular complexity index is 1120. The van der Waals surface area contributed by atoms with Gasteiger partial charge in [-0.1, -0.05) is 23.7 Å². The van der Waals surface area contributed by atoms with E-state index in [-0.39, 0.29) is 30.7 Å². The molecular formula is C20H18ClNO6. The highest BCUT2D eigenvalue weighted by Gasteiger charge is 2.18. The van der Waals surface area contributed by atoms with Gasteiger partial charge in [0.1, 0.15) is 17.1 Å². The molecule has 146 valence electrons. The van der Waals surface area contributed by atoms with Crippen molar-refractivity contribution >= 4 is 28.5 Å². The molecule has 0 unspecified atom stereocenters. The molecule has 0 saturated heterocycles. The molecule has 0 radical (unpaired) electrons. The Morgan fingerprint density at radius 3 is 2.64 bits per heavy atom. The van der Waals surface area contributed by atoms with E-state index in [4.69, 9.17) is 16.3 Å². The van der Waals surface area contributed by atoms with Crippen molar-refractivity contribution in [3.8, 4) is 11.5 Å². The molecule has 1 heterocycles. The van der Waals surface area contributed by atoms with Gasteiger partial charge in [0.15, 0.2) is 0 Å². The molecule has 3 aromatic rings. The zero-order valence-corrected chi connectivity index (χ0v) is 15.7. The third kappa shape index (κ3) is 3.54. The van der Waals surface area contributed by atoms with Crippen LogP contribution in [0.3, 0.4) is 0 Å². The van der Waals surface area contributed by atoms with E-state index in [1.54, 1.807) is 18.2 Å². The first kappa shape index (κ1) is 19.7. The number of pyridine rings is 1. The van der Waals surface area contributed by atoms with E-state index in [1.807, 2.05) is 0 Å². The van der Waals surface area contributed by atoms with Crippen molar-refractivity contribution in [3.63, 3.8) is 0 Å². The highest BCUT2D eigenvalue weighted by Crippen LogP contribution is 2.33. The number of carbonyl (C=O) groups is 1. The number of phenolic OH excluding ortho intramolecular Hbond substituents is 1. The predicted octanol–water partition coefficient (Wildman–Crippen LogP) is 2.65. The number of fused-ring (bicyclic) bond motifs is 1. The second-order valence-corrected chi connectivity index (χ2v) is 6.61. The summed E-state index contributed by atoms with van der Waals surface area (Å²) < 4.78 is 6.75. The number of hydrogen-bond acceptors (Lipinski definition) is 5. The van der Waals surface area contributed by atoms with E-state index in [0.29, 0.717) is 27.4 Å². The van der Waals surface area contributed by atoms with Gasteiger partial charge in [0.05, 0.1) is 24.3 Å². The van der Waals surface area contributed by atoms with E-state index < -0.39 is 17.0 Å². The molecule has 0 saturated carbocycles. The third-order valence-corrected chi connectivity index (χ3v) is 4.78. The summed E-state index contributed by atoms with van der Waals surface area (Å²) >= 11 is 6.14. The highest BCUT2D eigenvalue weighted by molar-refractivity contribution is 6.32. The lowest BCUT2D eigenvalue weighted by Crippen LogP contribution is -2.20. The number of benzene rings is 2. The van der Waals surface area contributed by atoms with E-state index in [0.717, 1.165) is 0 Å². The molecule has 7 nitrogen and oxygen atoms in total. The fraction of sp³-hybridized carbons (Fsp3) is 0.200. The summed E-state index contributed by atoms with van der Waals surface area (Å²) in [6.07, 6.45) is 1.39. The molecule has 0 atom stereocenters. The molecule has 0 aliphatic heterocycles. The summed E-state index contributed by atoms with van der Waals surface area (Å²) in [6.45, 7) is -0.169. The maximum Gasteiger partial charge on any atom is 0.341 e. The van der Waals surface area contributed by atoms with Crippen molar-refractivity contribution in [1.29, 1.82) is 0 Å². The predicted molar refractivity (Wildman–Crippen MR) is 105 cm³/mol. The van der Waals surface area contributed by atoms with Gasteiger partial charge in [0.2, 0.25) is 5.43 Å². The van der Waals surface area contributed by atoms with Gasteiger partial charge < -0.3 is 24.6 Å². The van der Waals surface area contributed by atoms with E-state index in [1.165, 1.54) is 30.0 Å². The normalized spacial score (nSPS) is 11.0. The Hall–Kier alpha value is -3.03. The average molecular weight is 404 g/mol. The van der Waals surface area contributed by atoms with E-state index in [2.05, 4.69) is 0 Å². The van der Waals surface area contributed by atoms with Crippen LogP contribution in [0.1, 0.15) is 21.5 Å². The number of nitrogens with zero attached hydrogens (tertiary/aromatic N) is 1. The number of aromatic carboxylic acids is 1. The average Bonchev–Trinajstić information content (AvgIpc) is 2.65. The van der Waals surface area contributed by atoms with Gasteiger partial charge in [-0.3, -0.25) is 4.79 Å². The number of rotatable bonds is 6. The van der Waals surface area contributed by atoms with Crippen LogP contribution in [0, 0.1) is 0 Å². The van der Waals surface area contributed by atoms with E-state index >= 15 is 0 Å². The summed E-state index contributed by atoms with van der Waals surface area (Å²) in [5.41, 5.74) is 0.398. The van der Waals surface area contributed by atoms with E-state index in [9.17, 15) is 24.9 Å². The van der Waals surface area contributed by atoms with Gasteiger partial charge in [-0.25, -0.2) is 4.79 Å². The lowest BCUT2D eigenvalue weighted by Gasteiger charge is -2.15. The van der Waals surface area contributed by atoms with Gasteiger partial charge in [0.25, 0.3) is 0 Å². The van der Waals surface area contributed by atoms with Crippen LogP contribution in [0.25, 0.3) is 10.9 Å². The molecule has 3 N–H and O–H groups in total. The van der Waals surface area contributed by atoms with Crippen LogP contribution in [0.2, 0.25) is 5.02 Å². The first-order valence-corrected chi connectivity index (χ1v) is 8.79. The summed E-state index contributed by atoms with van der Waals surface area (Å²) in [6, 6.07) is 8.07. The standard InChI is InChI=1S/C20H18ClNO6/c1-28-19-11(3-2-4-15(19)21)7-12-8-13-16(9-17(12)24)22(5-6-23)10-14(18(13)25)20(26)27/h2-4,8-10,23-24H,5-7H2,1H3,(H,26,27). The number of phenols is 1. The summed E-state index contributed by atoms with van der Waals surface area (Å²) in [5.74, 6) is -0.964.